The zero-order chi connectivity index (χ0) is 16.0. The van der Waals surface area contributed by atoms with Gasteiger partial charge in [-0.1, -0.05) is 18.2 Å². The predicted octanol–water partition coefficient (Wildman–Crippen LogP) is 2.36. The van der Waals surface area contributed by atoms with Gasteiger partial charge in [0.05, 0.1) is 12.0 Å². The van der Waals surface area contributed by atoms with Crippen LogP contribution in [0.5, 0.6) is 11.5 Å². The molecule has 0 bridgehead atoms. The van der Waals surface area contributed by atoms with Crippen LogP contribution in [0, 0.1) is 6.92 Å². The van der Waals surface area contributed by atoms with Gasteiger partial charge in [-0.15, -0.1) is 0 Å². The molecule has 0 aliphatic rings. The van der Waals surface area contributed by atoms with Gasteiger partial charge in [-0.2, -0.15) is 0 Å². The second-order valence-electron chi connectivity index (χ2n) is 4.74. The molecule has 2 aromatic rings. The van der Waals surface area contributed by atoms with Crippen LogP contribution < -0.4 is 14.2 Å². The molecule has 0 saturated carbocycles. The van der Waals surface area contributed by atoms with Crippen molar-refractivity contribution < 1.29 is 17.9 Å². The number of hydrogen-bond donors (Lipinski definition) is 1. The van der Waals surface area contributed by atoms with Gasteiger partial charge in [0, 0.05) is 12.6 Å². The maximum Gasteiger partial charge on any atom is 0.240 e. The second-order valence-corrected chi connectivity index (χ2v) is 6.51. The number of nitrogens with one attached hydrogen (secondary N) is 1. The highest BCUT2D eigenvalue weighted by Gasteiger charge is 2.13. The number of rotatable bonds is 7. The largest absolute Gasteiger partial charge is 0.497 e. The maximum atomic E-state index is 12.1. The van der Waals surface area contributed by atoms with Gasteiger partial charge in [0.1, 0.15) is 18.1 Å². The predicted molar refractivity (Wildman–Crippen MR) is 84.9 cm³/mol. The van der Waals surface area contributed by atoms with E-state index in [0.717, 1.165) is 5.56 Å². The smallest absolute Gasteiger partial charge is 0.240 e. The van der Waals surface area contributed by atoms with Gasteiger partial charge >= 0.3 is 0 Å². The third-order valence-electron chi connectivity index (χ3n) is 3.00. The minimum Gasteiger partial charge on any atom is -0.497 e. The molecular formula is C16H19NO4S. The molecule has 118 valence electrons. The van der Waals surface area contributed by atoms with E-state index in [0.29, 0.717) is 11.5 Å². The van der Waals surface area contributed by atoms with Gasteiger partial charge < -0.3 is 9.47 Å². The normalized spacial score (nSPS) is 11.2. The first kappa shape index (κ1) is 16.3. The summed E-state index contributed by atoms with van der Waals surface area (Å²) in [6, 6.07) is 13.9. The van der Waals surface area contributed by atoms with Crippen LogP contribution in [0.2, 0.25) is 0 Å². The van der Waals surface area contributed by atoms with Crippen LogP contribution in [-0.2, 0) is 10.0 Å². The Hall–Kier alpha value is -2.05. The minimum absolute atomic E-state index is 0.188. The van der Waals surface area contributed by atoms with Crippen molar-refractivity contribution >= 4 is 10.0 Å². The molecule has 1 N–H and O–H groups in total. The van der Waals surface area contributed by atoms with Crippen molar-refractivity contribution in [2.75, 3.05) is 20.3 Å². The number of methoxy groups -OCH3 is 1. The van der Waals surface area contributed by atoms with Gasteiger partial charge in [-0.25, -0.2) is 13.1 Å². The topological polar surface area (TPSA) is 64.6 Å². The molecule has 0 unspecified atom stereocenters. The summed E-state index contributed by atoms with van der Waals surface area (Å²) in [4.78, 5) is 0.258. The van der Waals surface area contributed by atoms with Crippen LogP contribution in [0.1, 0.15) is 5.56 Å². The molecular weight excluding hydrogens is 302 g/mol. The molecule has 6 heteroatoms. The summed E-state index contributed by atoms with van der Waals surface area (Å²) in [5.41, 5.74) is 0.899. The summed E-state index contributed by atoms with van der Waals surface area (Å²) < 4.78 is 37.3. The Morgan fingerprint density at radius 3 is 2.50 bits per heavy atom. The number of ether oxygens (including phenoxy) is 2. The van der Waals surface area contributed by atoms with E-state index in [2.05, 4.69) is 4.72 Å². The molecule has 0 aliphatic carbocycles. The zero-order valence-corrected chi connectivity index (χ0v) is 13.4. The Kier molecular flexibility index (Phi) is 5.41. The van der Waals surface area contributed by atoms with E-state index >= 15 is 0 Å². The molecule has 2 aromatic carbocycles. The molecule has 0 spiro atoms. The van der Waals surface area contributed by atoms with Crippen LogP contribution in [0.25, 0.3) is 0 Å². The fourth-order valence-corrected chi connectivity index (χ4v) is 3.02. The quantitative estimate of drug-likeness (QED) is 0.795. The van der Waals surface area contributed by atoms with E-state index in [-0.39, 0.29) is 18.0 Å². The van der Waals surface area contributed by atoms with E-state index in [1.807, 2.05) is 25.1 Å². The van der Waals surface area contributed by atoms with Gasteiger partial charge in [-0.05, 0) is 36.8 Å². The molecule has 0 aliphatic heterocycles. The summed E-state index contributed by atoms with van der Waals surface area (Å²) in [7, 11) is -1.93. The third-order valence-corrected chi connectivity index (χ3v) is 4.46. The lowest BCUT2D eigenvalue weighted by molar-refractivity contribution is 0.320. The summed E-state index contributed by atoms with van der Waals surface area (Å²) in [5.74, 6) is 1.33. The van der Waals surface area contributed by atoms with E-state index in [1.54, 1.807) is 37.4 Å². The maximum absolute atomic E-state index is 12.1. The van der Waals surface area contributed by atoms with E-state index in [9.17, 15) is 8.42 Å². The number of benzene rings is 2. The van der Waals surface area contributed by atoms with Crippen LogP contribution in [0.4, 0.5) is 0 Å². The lowest BCUT2D eigenvalue weighted by Crippen LogP contribution is -2.28. The monoisotopic (exact) mass is 321 g/mol. The average Bonchev–Trinajstić information content (AvgIpc) is 2.52. The molecule has 5 nitrogen and oxygen atoms in total. The van der Waals surface area contributed by atoms with Crippen LogP contribution in [0.15, 0.2) is 53.4 Å². The van der Waals surface area contributed by atoms with Crippen LogP contribution in [0.3, 0.4) is 0 Å². The lowest BCUT2D eigenvalue weighted by Gasteiger charge is -2.09. The third kappa shape index (κ3) is 4.47. The fraction of sp³-hybridized carbons (Fsp3) is 0.250. The van der Waals surface area contributed by atoms with Crippen molar-refractivity contribution in [2.24, 2.45) is 0 Å². The molecule has 0 saturated heterocycles. The standard InChI is InChI=1S/C16H19NO4S/c1-13-5-3-8-16(11-13)22(18,19)17-9-10-21-15-7-4-6-14(12-15)20-2/h3-8,11-12,17H,9-10H2,1-2H3. The highest BCUT2D eigenvalue weighted by atomic mass is 32.2. The molecule has 0 heterocycles. The highest BCUT2D eigenvalue weighted by Crippen LogP contribution is 2.18. The summed E-state index contributed by atoms with van der Waals surface area (Å²) >= 11 is 0. The lowest BCUT2D eigenvalue weighted by atomic mass is 10.2. The summed E-state index contributed by atoms with van der Waals surface area (Å²) in [6.45, 7) is 2.27. The molecule has 2 rings (SSSR count). The van der Waals surface area contributed by atoms with Crippen molar-refractivity contribution in [2.45, 2.75) is 11.8 Å². The van der Waals surface area contributed by atoms with Crippen molar-refractivity contribution in [1.82, 2.24) is 4.72 Å². The SMILES string of the molecule is COc1cccc(OCCNS(=O)(=O)c2cccc(C)c2)c1. The van der Waals surface area contributed by atoms with Crippen LogP contribution >= 0.6 is 0 Å². The Morgan fingerprint density at radius 1 is 1.05 bits per heavy atom. The van der Waals surface area contributed by atoms with Gasteiger partial charge in [0.2, 0.25) is 10.0 Å². The van der Waals surface area contributed by atoms with Crippen molar-refractivity contribution in [1.29, 1.82) is 0 Å². The Bertz CT molecular complexity index is 728. The molecule has 0 atom stereocenters. The number of aryl methyl sites for hydroxylation is 1. The fourth-order valence-electron chi connectivity index (χ4n) is 1.90. The Balaban J connectivity index is 1.88. The Morgan fingerprint density at radius 2 is 1.77 bits per heavy atom. The van der Waals surface area contributed by atoms with Gasteiger partial charge in [0.15, 0.2) is 0 Å². The first-order chi connectivity index (χ1) is 10.5. The zero-order valence-electron chi connectivity index (χ0n) is 12.6. The summed E-state index contributed by atoms with van der Waals surface area (Å²) in [6.07, 6.45) is 0. The molecule has 0 aromatic heterocycles. The Labute approximate surface area is 130 Å². The van der Waals surface area contributed by atoms with E-state index < -0.39 is 10.0 Å². The first-order valence-electron chi connectivity index (χ1n) is 6.84. The van der Waals surface area contributed by atoms with Gasteiger partial charge in [-0.3, -0.25) is 0 Å². The average molecular weight is 321 g/mol. The molecule has 0 amide bonds. The highest BCUT2D eigenvalue weighted by molar-refractivity contribution is 7.89. The first-order valence-corrected chi connectivity index (χ1v) is 8.33. The van der Waals surface area contributed by atoms with E-state index in [4.69, 9.17) is 9.47 Å². The van der Waals surface area contributed by atoms with Crippen molar-refractivity contribution in [3.8, 4) is 11.5 Å². The van der Waals surface area contributed by atoms with E-state index in [1.165, 1.54) is 0 Å². The molecule has 22 heavy (non-hydrogen) atoms. The molecule has 0 fully saturated rings. The minimum atomic E-state index is -3.50. The van der Waals surface area contributed by atoms with Crippen LogP contribution in [-0.4, -0.2) is 28.7 Å². The number of sulfonamides is 1. The number of hydrogen-bond acceptors (Lipinski definition) is 4. The van der Waals surface area contributed by atoms with Gasteiger partial charge in [0.25, 0.3) is 0 Å². The van der Waals surface area contributed by atoms with Crippen molar-refractivity contribution in [3.63, 3.8) is 0 Å². The molecule has 0 radical (unpaired) electrons. The second kappa shape index (κ2) is 7.29. The summed E-state index contributed by atoms with van der Waals surface area (Å²) in [5, 5.41) is 0. The van der Waals surface area contributed by atoms with Crippen molar-refractivity contribution in [3.05, 3.63) is 54.1 Å².